The number of nitrogens with zero attached hydrogens (tertiary/aromatic N) is 1. The molecule has 11 heavy (non-hydrogen) atoms. The fourth-order valence-corrected chi connectivity index (χ4v) is 3.20. The Labute approximate surface area is 74.2 Å². The molecule has 1 aromatic heterocycles. The van der Waals surface area contributed by atoms with Gasteiger partial charge in [-0.15, -0.1) is 11.3 Å². The first-order chi connectivity index (χ1) is 5.36. The van der Waals surface area contributed by atoms with E-state index in [1.54, 1.807) is 11.3 Å². The number of rotatable bonds is 1. The lowest BCUT2D eigenvalue weighted by molar-refractivity contribution is 0.813. The summed E-state index contributed by atoms with van der Waals surface area (Å²) < 4.78 is 0. The maximum Gasteiger partial charge on any atom is 0.180 e. The number of thiazole rings is 1. The Bertz CT molecular complexity index is 240. The molecule has 1 saturated heterocycles. The number of anilines is 1. The van der Waals surface area contributed by atoms with Crippen molar-refractivity contribution in [3.05, 3.63) is 11.1 Å². The summed E-state index contributed by atoms with van der Waals surface area (Å²) in [6.07, 6.45) is 2.60. The highest BCUT2D eigenvalue weighted by Gasteiger charge is 2.19. The zero-order valence-corrected chi connectivity index (χ0v) is 7.75. The molecule has 0 aliphatic carbocycles. The number of nitrogens with two attached hydrogens (primary N) is 1. The molecule has 0 saturated carbocycles. The zero-order chi connectivity index (χ0) is 7.68. The minimum Gasteiger partial charge on any atom is -0.375 e. The topological polar surface area (TPSA) is 38.9 Å². The first-order valence-corrected chi connectivity index (χ1v) is 5.61. The summed E-state index contributed by atoms with van der Waals surface area (Å²) in [5, 5.41) is 3.41. The highest BCUT2D eigenvalue weighted by Crippen LogP contribution is 2.40. The van der Waals surface area contributed by atoms with Crippen molar-refractivity contribution in [3.63, 3.8) is 0 Å². The number of hydrogen-bond donors (Lipinski definition) is 1. The van der Waals surface area contributed by atoms with Crippen LogP contribution < -0.4 is 5.73 Å². The maximum absolute atomic E-state index is 5.54. The SMILES string of the molecule is Nc1nc(C2CCCS2)cs1. The van der Waals surface area contributed by atoms with E-state index >= 15 is 0 Å². The molecule has 0 bridgehead atoms. The largest absolute Gasteiger partial charge is 0.375 e. The van der Waals surface area contributed by atoms with E-state index in [1.807, 2.05) is 11.8 Å². The van der Waals surface area contributed by atoms with E-state index < -0.39 is 0 Å². The summed E-state index contributed by atoms with van der Waals surface area (Å²) in [7, 11) is 0. The second-order valence-corrected chi connectivity index (χ2v) is 4.81. The van der Waals surface area contributed by atoms with Gasteiger partial charge in [-0.05, 0) is 18.6 Å². The van der Waals surface area contributed by atoms with Crippen LogP contribution in [0.5, 0.6) is 0 Å². The summed E-state index contributed by atoms with van der Waals surface area (Å²) >= 11 is 3.54. The van der Waals surface area contributed by atoms with Gasteiger partial charge in [-0.3, -0.25) is 0 Å². The van der Waals surface area contributed by atoms with Crippen LogP contribution >= 0.6 is 23.1 Å². The van der Waals surface area contributed by atoms with Crippen molar-refractivity contribution in [1.82, 2.24) is 4.98 Å². The van der Waals surface area contributed by atoms with Crippen LogP contribution in [0.1, 0.15) is 23.8 Å². The Hall–Kier alpha value is -0.220. The molecule has 1 aliphatic heterocycles. The molecule has 0 spiro atoms. The van der Waals surface area contributed by atoms with E-state index in [0.29, 0.717) is 10.4 Å². The van der Waals surface area contributed by atoms with Gasteiger partial charge < -0.3 is 5.73 Å². The van der Waals surface area contributed by atoms with E-state index in [4.69, 9.17) is 5.73 Å². The molecule has 2 nitrogen and oxygen atoms in total. The van der Waals surface area contributed by atoms with Gasteiger partial charge in [0.05, 0.1) is 5.69 Å². The average Bonchev–Trinajstić information content (AvgIpc) is 2.55. The Morgan fingerprint density at radius 2 is 2.55 bits per heavy atom. The molecule has 1 aliphatic rings. The van der Waals surface area contributed by atoms with Crippen LogP contribution in [0.2, 0.25) is 0 Å². The molecule has 1 unspecified atom stereocenters. The van der Waals surface area contributed by atoms with Crippen LogP contribution in [0, 0.1) is 0 Å². The molecule has 4 heteroatoms. The molecule has 2 N–H and O–H groups in total. The van der Waals surface area contributed by atoms with Crippen molar-refractivity contribution in [2.24, 2.45) is 0 Å². The first kappa shape index (κ1) is 7.43. The van der Waals surface area contributed by atoms with E-state index in [1.165, 1.54) is 24.3 Å². The van der Waals surface area contributed by atoms with Crippen molar-refractivity contribution < 1.29 is 0 Å². The smallest absolute Gasteiger partial charge is 0.180 e. The van der Waals surface area contributed by atoms with E-state index in [9.17, 15) is 0 Å². The van der Waals surface area contributed by atoms with Crippen LogP contribution in [-0.2, 0) is 0 Å². The fraction of sp³-hybridized carbons (Fsp3) is 0.571. The van der Waals surface area contributed by atoms with Gasteiger partial charge in [-0.2, -0.15) is 11.8 Å². The van der Waals surface area contributed by atoms with Crippen LogP contribution in [0.4, 0.5) is 5.13 Å². The van der Waals surface area contributed by atoms with E-state index in [0.717, 1.165) is 0 Å². The van der Waals surface area contributed by atoms with Gasteiger partial charge in [0.1, 0.15) is 0 Å². The molecule has 0 radical (unpaired) electrons. The van der Waals surface area contributed by atoms with E-state index in [2.05, 4.69) is 10.4 Å². The molecule has 60 valence electrons. The lowest BCUT2D eigenvalue weighted by atomic mass is 10.2. The molecule has 2 rings (SSSR count). The van der Waals surface area contributed by atoms with Crippen LogP contribution in [-0.4, -0.2) is 10.7 Å². The highest BCUT2D eigenvalue weighted by atomic mass is 32.2. The second kappa shape index (κ2) is 3.03. The Balaban J connectivity index is 2.15. The summed E-state index contributed by atoms with van der Waals surface area (Å²) in [5.41, 5.74) is 6.73. The van der Waals surface area contributed by atoms with Gasteiger partial charge >= 0.3 is 0 Å². The number of aromatic nitrogens is 1. The van der Waals surface area contributed by atoms with Crippen LogP contribution in [0.25, 0.3) is 0 Å². The minimum atomic E-state index is 0.628. The molecular formula is C7H10N2S2. The van der Waals surface area contributed by atoms with Crippen molar-refractivity contribution in [2.75, 3.05) is 11.5 Å². The Morgan fingerprint density at radius 1 is 1.64 bits per heavy atom. The molecule has 2 heterocycles. The predicted molar refractivity (Wildman–Crippen MR) is 51.0 cm³/mol. The third kappa shape index (κ3) is 1.51. The Kier molecular flexibility index (Phi) is 2.05. The molecule has 0 aromatic carbocycles. The quantitative estimate of drug-likeness (QED) is 0.731. The second-order valence-electron chi connectivity index (χ2n) is 2.61. The lowest BCUT2D eigenvalue weighted by Crippen LogP contribution is -1.89. The monoisotopic (exact) mass is 186 g/mol. The van der Waals surface area contributed by atoms with E-state index in [-0.39, 0.29) is 0 Å². The molecular weight excluding hydrogens is 176 g/mol. The number of nitrogen functional groups attached to an aromatic ring is 1. The lowest BCUT2D eigenvalue weighted by Gasteiger charge is -2.01. The summed E-state index contributed by atoms with van der Waals surface area (Å²) in [5.74, 6) is 1.28. The third-order valence-corrected chi connectivity index (χ3v) is 3.90. The molecule has 1 atom stereocenters. The van der Waals surface area contributed by atoms with Crippen molar-refractivity contribution in [2.45, 2.75) is 18.1 Å². The van der Waals surface area contributed by atoms with Crippen molar-refractivity contribution >= 4 is 28.2 Å². The van der Waals surface area contributed by atoms with Gasteiger partial charge in [-0.25, -0.2) is 4.98 Å². The summed E-state index contributed by atoms with van der Waals surface area (Å²) in [6, 6.07) is 0. The minimum absolute atomic E-state index is 0.628. The normalized spacial score (nSPS) is 24.2. The van der Waals surface area contributed by atoms with Gasteiger partial charge in [0.15, 0.2) is 5.13 Å². The van der Waals surface area contributed by atoms with Gasteiger partial charge in [0.2, 0.25) is 0 Å². The van der Waals surface area contributed by atoms with Gasteiger partial charge in [0, 0.05) is 10.6 Å². The molecule has 1 aromatic rings. The maximum atomic E-state index is 5.54. The van der Waals surface area contributed by atoms with Crippen LogP contribution in [0.15, 0.2) is 5.38 Å². The zero-order valence-electron chi connectivity index (χ0n) is 6.12. The third-order valence-electron chi connectivity index (χ3n) is 1.80. The highest BCUT2D eigenvalue weighted by molar-refractivity contribution is 7.99. The fourth-order valence-electron chi connectivity index (χ4n) is 1.26. The van der Waals surface area contributed by atoms with Crippen molar-refractivity contribution in [1.29, 1.82) is 0 Å². The van der Waals surface area contributed by atoms with Gasteiger partial charge in [0.25, 0.3) is 0 Å². The standard InChI is InChI=1S/C7H10N2S2/c8-7-9-5(4-11-7)6-2-1-3-10-6/h4,6H,1-3H2,(H2,8,9). The summed E-state index contributed by atoms with van der Waals surface area (Å²) in [6.45, 7) is 0. The molecule has 1 fully saturated rings. The number of thioether (sulfide) groups is 1. The van der Waals surface area contributed by atoms with Crippen molar-refractivity contribution in [3.8, 4) is 0 Å². The van der Waals surface area contributed by atoms with Crippen LogP contribution in [0.3, 0.4) is 0 Å². The molecule has 0 amide bonds. The number of hydrogen-bond acceptors (Lipinski definition) is 4. The van der Waals surface area contributed by atoms with Gasteiger partial charge in [-0.1, -0.05) is 0 Å². The first-order valence-electron chi connectivity index (χ1n) is 3.69. The Morgan fingerprint density at radius 3 is 3.09 bits per heavy atom. The summed E-state index contributed by atoms with van der Waals surface area (Å²) in [4.78, 5) is 4.27. The predicted octanol–water partition coefficient (Wildman–Crippen LogP) is 2.29. The average molecular weight is 186 g/mol.